The lowest BCUT2D eigenvalue weighted by Gasteiger charge is -2.18. The molecular weight excluding hydrogens is 281 g/mol. The predicted molar refractivity (Wildman–Crippen MR) is 65.8 cm³/mol. The summed E-state index contributed by atoms with van der Waals surface area (Å²) in [7, 11) is 0. The molecule has 0 aromatic heterocycles. The predicted octanol–water partition coefficient (Wildman–Crippen LogP) is 3.04. The highest BCUT2D eigenvalue weighted by Gasteiger charge is 2.49. The summed E-state index contributed by atoms with van der Waals surface area (Å²) in [4.78, 5) is 11.9. The van der Waals surface area contributed by atoms with Crippen molar-refractivity contribution < 1.29 is 18.0 Å². The minimum Gasteiger partial charge on any atom is -0.329 e. The Morgan fingerprint density at radius 1 is 1.42 bits per heavy atom. The molecule has 1 fully saturated rings. The van der Waals surface area contributed by atoms with Gasteiger partial charge in [0.05, 0.1) is 21.7 Å². The van der Waals surface area contributed by atoms with Gasteiger partial charge < -0.3 is 11.1 Å². The topological polar surface area (TPSA) is 55.1 Å². The van der Waals surface area contributed by atoms with Gasteiger partial charge >= 0.3 is 6.18 Å². The fourth-order valence-corrected chi connectivity index (χ4v) is 2.03. The van der Waals surface area contributed by atoms with Crippen LogP contribution in [0.2, 0.25) is 5.02 Å². The second-order valence-electron chi connectivity index (χ2n) is 4.60. The van der Waals surface area contributed by atoms with Crippen LogP contribution in [0.5, 0.6) is 0 Å². The lowest BCUT2D eigenvalue weighted by Crippen LogP contribution is -2.31. The Balaban J connectivity index is 2.32. The molecule has 104 valence electrons. The van der Waals surface area contributed by atoms with E-state index in [2.05, 4.69) is 5.32 Å². The maximum absolute atomic E-state index is 12.8. The molecule has 7 heteroatoms. The number of benzene rings is 1. The van der Waals surface area contributed by atoms with E-state index < -0.39 is 28.7 Å². The molecule has 1 amide bonds. The van der Waals surface area contributed by atoms with Crippen LogP contribution in [0.25, 0.3) is 0 Å². The van der Waals surface area contributed by atoms with Crippen LogP contribution < -0.4 is 11.1 Å². The largest absolute Gasteiger partial charge is 0.418 e. The first-order chi connectivity index (χ1) is 8.80. The van der Waals surface area contributed by atoms with Crippen LogP contribution >= 0.6 is 11.6 Å². The third-order valence-electron chi connectivity index (χ3n) is 3.28. The van der Waals surface area contributed by atoms with Crippen molar-refractivity contribution in [2.45, 2.75) is 19.0 Å². The highest BCUT2D eigenvalue weighted by molar-refractivity contribution is 6.34. The average Bonchev–Trinajstić information content (AvgIpc) is 3.11. The Morgan fingerprint density at radius 2 is 2.05 bits per heavy atom. The van der Waals surface area contributed by atoms with Crippen molar-refractivity contribution >= 4 is 23.2 Å². The van der Waals surface area contributed by atoms with Crippen molar-refractivity contribution in [2.24, 2.45) is 11.1 Å². The number of hydrogen-bond donors (Lipinski definition) is 2. The summed E-state index contributed by atoms with van der Waals surface area (Å²) in [5.74, 6) is -0.506. The van der Waals surface area contributed by atoms with Gasteiger partial charge in [0.2, 0.25) is 5.91 Å². The zero-order valence-corrected chi connectivity index (χ0v) is 10.6. The smallest absolute Gasteiger partial charge is 0.329 e. The van der Waals surface area contributed by atoms with Gasteiger partial charge in [-0.15, -0.1) is 0 Å². The molecule has 1 aromatic rings. The summed E-state index contributed by atoms with van der Waals surface area (Å²) in [5.41, 5.74) is 3.38. The van der Waals surface area contributed by atoms with Gasteiger partial charge in [-0.2, -0.15) is 13.2 Å². The molecular formula is C12H12ClF3N2O. The number of hydrogen-bond acceptors (Lipinski definition) is 2. The number of rotatable bonds is 3. The Kier molecular flexibility index (Phi) is 3.49. The number of anilines is 1. The molecule has 1 aromatic carbocycles. The van der Waals surface area contributed by atoms with Gasteiger partial charge in [0.1, 0.15) is 0 Å². The van der Waals surface area contributed by atoms with Gasteiger partial charge in [-0.05, 0) is 25.0 Å². The summed E-state index contributed by atoms with van der Waals surface area (Å²) in [6, 6.07) is 3.37. The maximum Gasteiger partial charge on any atom is 0.418 e. The normalized spacial score (nSPS) is 17.1. The van der Waals surface area contributed by atoms with Gasteiger partial charge in [0.15, 0.2) is 0 Å². The molecule has 1 saturated carbocycles. The van der Waals surface area contributed by atoms with Gasteiger partial charge in [0, 0.05) is 6.54 Å². The van der Waals surface area contributed by atoms with E-state index in [1.165, 1.54) is 12.1 Å². The Morgan fingerprint density at radius 3 is 2.53 bits per heavy atom. The summed E-state index contributed by atoms with van der Waals surface area (Å²) >= 11 is 5.75. The van der Waals surface area contributed by atoms with E-state index in [-0.39, 0.29) is 11.6 Å². The van der Waals surface area contributed by atoms with Gasteiger partial charge in [0.25, 0.3) is 0 Å². The molecule has 0 atom stereocenters. The number of carbonyl (C=O) groups excluding carboxylic acids is 1. The zero-order chi connectivity index (χ0) is 14.3. The third kappa shape index (κ3) is 2.69. The molecule has 0 aliphatic heterocycles. The quantitative estimate of drug-likeness (QED) is 0.899. The van der Waals surface area contributed by atoms with E-state index in [9.17, 15) is 18.0 Å². The van der Waals surface area contributed by atoms with Crippen LogP contribution in [0.3, 0.4) is 0 Å². The molecule has 0 saturated heterocycles. The number of amides is 1. The number of nitrogens with two attached hydrogens (primary N) is 1. The van der Waals surface area contributed by atoms with E-state index in [4.69, 9.17) is 17.3 Å². The van der Waals surface area contributed by atoms with E-state index in [0.29, 0.717) is 12.8 Å². The number of alkyl halides is 3. The van der Waals surface area contributed by atoms with Crippen molar-refractivity contribution in [1.82, 2.24) is 0 Å². The minimum atomic E-state index is -4.58. The van der Waals surface area contributed by atoms with Gasteiger partial charge in [-0.3, -0.25) is 4.79 Å². The Hall–Kier alpha value is -1.27. The molecule has 3 nitrogen and oxygen atoms in total. The summed E-state index contributed by atoms with van der Waals surface area (Å²) < 4.78 is 38.5. The molecule has 1 aliphatic carbocycles. The van der Waals surface area contributed by atoms with Crippen LogP contribution in [-0.2, 0) is 11.0 Å². The van der Waals surface area contributed by atoms with E-state index >= 15 is 0 Å². The molecule has 1 aliphatic rings. The third-order valence-corrected chi connectivity index (χ3v) is 3.60. The number of para-hydroxylation sites is 1. The first-order valence-corrected chi connectivity index (χ1v) is 6.05. The fraction of sp³-hybridized carbons (Fsp3) is 0.417. The molecule has 0 unspecified atom stereocenters. The molecule has 0 heterocycles. The number of carbonyl (C=O) groups is 1. The van der Waals surface area contributed by atoms with Crippen molar-refractivity contribution in [3.05, 3.63) is 28.8 Å². The molecule has 0 bridgehead atoms. The fourth-order valence-electron chi connectivity index (χ4n) is 1.81. The second-order valence-corrected chi connectivity index (χ2v) is 5.01. The van der Waals surface area contributed by atoms with Crippen LogP contribution in [0.1, 0.15) is 18.4 Å². The highest BCUT2D eigenvalue weighted by Crippen LogP contribution is 2.46. The van der Waals surface area contributed by atoms with Gasteiger partial charge in [-0.1, -0.05) is 17.7 Å². The molecule has 0 spiro atoms. The minimum absolute atomic E-state index is 0.116. The summed E-state index contributed by atoms with van der Waals surface area (Å²) in [6.07, 6.45) is -3.41. The van der Waals surface area contributed by atoms with Crippen molar-refractivity contribution in [2.75, 3.05) is 11.9 Å². The second kappa shape index (κ2) is 4.68. The van der Waals surface area contributed by atoms with Gasteiger partial charge in [-0.25, -0.2) is 0 Å². The summed E-state index contributed by atoms with van der Waals surface area (Å²) in [6.45, 7) is 0.116. The van der Waals surface area contributed by atoms with E-state index in [1.54, 1.807) is 0 Å². The van der Waals surface area contributed by atoms with Crippen molar-refractivity contribution in [3.63, 3.8) is 0 Å². The monoisotopic (exact) mass is 292 g/mol. The average molecular weight is 293 g/mol. The molecule has 0 radical (unpaired) electrons. The molecule has 2 rings (SSSR count). The van der Waals surface area contributed by atoms with Crippen molar-refractivity contribution in [3.8, 4) is 0 Å². The van der Waals surface area contributed by atoms with Crippen molar-refractivity contribution in [1.29, 1.82) is 0 Å². The zero-order valence-electron chi connectivity index (χ0n) is 9.85. The summed E-state index contributed by atoms with van der Waals surface area (Å²) in [5, 5.41) is 2.13. The van der Waals surface area contributed by atoms with Crippen LogP contribution in [-0.4, -0.2) is 12.5 Å². The molecule has 3 N–H and O–H groups in total. The van der Waals surface area contributed by atoms with Crippen LogP contribution in [0, 0.1) is 5.41 Å². The van der Waals surface area contributed by atoms with Crippen LogP contribution in [0.4, 0.5) is 18.9 Å². The van der Waals surface area contributed by atoms with E-state index in [0.717, 1.165) is 6.07 Å². The maximum atomic E-state index is 12.8. The Bertz CT molecular complexity index is 512. The molecule has 19 heavy (non-hydrogen) atoms. The SMILES string of the molecule is NCC1(C(=O)Nc2c(Cl)cccc2C(F)(F)F)CC1. The lowest BCUT2D eigenvalue weighted by molar-refractivity contribution is -0.137. The van der Waals surface area contributed by atoms with Crippen LogP contribution in [0.15, 0.2) is 18.2 Å². The standard InChI is InChI=1S/C12H12ClF3N2O/c13-8-3-1-2-7(12(14,15)16)9(8)18-10(19)11(6-17)4-5-11/h1-3H,4-6,17H2,(H,18,19). The lowest BCUT2D eigenvalue weighted by atomic mass is 10.1. The Labute approximate surface area is 112 Å². The highest BCUT2D eigenvalue weighted by atomic mass is 35.5. The first-order valence-electron chi connectivity index (χ1n) is 5.67. The number of halogens is 4. The van der Waals surface area contributed by atoms with E-state index in [1.807, 2.05) is 0 Å². The number of nitrogens with one attached hydrogen (secondary N) is 1. The first kappa shape index (κ1) is 14.1.